The molecule has 27 heavy (non-hydrogen) atoms. The van der Waals surface area contributed by atoms with Gasteiger partial charge >= 0.3 is 0 Å². The van der Waals surface area contributed by atoms with Crippen LogP contribution in [0.5, 0.6) is 11.5 Å². The van der Waals surface area contributed by atoms with Crippen molar-refractivity contribution in [3.05, 3.63) is 54.1 Å². The number of rotatable bonds is 4. The van der Waals surface area contributed by atoms with E-state index in [0.29, 0.717) is 12.3 Å². The van der Waals surface area contributed by atoms with Crippen molar-refractivity contribution in [3.8, 4) is 11.5 Å². The van der Waals surface area contributed by atoms with Crippen LogP contribution in [0, 0.1) is 0 Å². The molecular formula is C22H27N2O3+. The van der Waals surface area contributed by atoms with Crippen molar-refractivity contribution < 1.29 is 19.2 Å². The van der Waals surface area contributed by atoms with Gasteiger partial charge in [-0.25, -0.2) is 0 Å². The van der Waals surface area contributed by atoms with Crippen molar-refractivity contribution in [3.63, 3.8) is 0 Å². The lowest BCUT2D eigenvalue weighted by Gasteiger charge is -2.30. The second-order valence-corrected chi connectivity index (χ2v) is 7.20. The van der Waals surface area contributed by atoms with Crippen LogP contribution in [0.4, 0.5) is 5.69 Å². The van der Waals surface area contributed by atoms with E-state index >= 15 is 0 Å². The molecule has 2 aliphatic heterocycles. The Hall–Kier alpha value is -2.53. The highest BCUT2D eigenvalue weighted by Crippen LogP contribution is 2.41. The first kappa shape index (κ1) is 17.9. The molecule has 0 saturated heterocycles. The van der Waals surface area contributed by atoms with Crippen LogP contribution in [0.2, 0.25) is 0 Å². The first-order valence-corrected chi connectivity index (χ1v) is 9.58. The van der Waals surface area contributed by atoms with E-state index in [9.17, 15) is 5.11 Å². The van der Waals surface area contributed by atoms with Gasteiger partial charge in [-0.05, 0) is 55.7 Å². The van der Waals surface area contributed by atoms with E-state index in [1.807, 2.05) is 48.5 Å². The van der Waals surface area contributed by atoms with Crippen LogP contribution in [0.3, 0.4) is 0 Å². The van der Waals surface area contributed by atoms with Gasteiger partial charge in [0.25, 0.3) is 11.6 Å². The molecule has 1 atom stereocenters. The normalized spacial score (nSPS) is 22.4. The van der Waals surface area contributed by atoms with Crippen LogP contribution in [-0.2, 0) is 5.72 Å². The number of anilines is 1. The Bertz CT molecular complexity index is 847. The second-order valence-electron chi connectivity index (χ2n) is 7.20. The number of methoxy groups -OCH3 is 2. The molecule has 0 spiro atoms. The van der Waals surface area contributed by atoms with E-state index in [4.69, 9.17) is 9.47 Å². The lowest BCUT2D eigenvalue weighted by atomic mass is 9.98. The Labute approximate surface area is 160 Å². The van der Waals surface area contributed by atoms with Crippen molar-refractivity contribution in [2.75, 3.05) is 32.2 Å². The van der Waals surface area contributed by atoms with Crippen LogP contribution in [0.25, 0.3) is 0 Å². The van der Waals surface area contributed by atoms with Crippen molar-refractivity contribution in [2.24, 2.45) is 0 Å². The number of para-hydroxylation sites is 1. The largest absolute Gasteiger partial charge is 0.497 e. The van der Waals surface area contributed by atoms with E-state index in [1.54, 1.807) is 14.2 Å². The van der Waals surface area contributed by atoms with Crippen LogP contribution in [0.1, 0.15) is 31.2 Å². The fourth-order valence-electron chi connectivity index (χ4n) is 4.30. The minimum atomic E-state index is -1.17. The Kier molecular flexibility index (Phi) is 4.79. The highest BCUT2D eigenvalue weighted by molar-refractivity contribution is 5.97. The molecule has 2 heterocycles. The fraction of sp³-hybridized carbons (Fsp3) is 0.409. The maximum absolute atomic E-state index is 12.0. The Morgan fingerprint density at radius 3 is 2.48 bits per heavy atom. The lowest BCUT2D eigenvalue weighted by Crippen LogP contribution is -2.47. The van der Waals surface area contributed by atoms with Gasteiger partial charge in [0.15, 0.2) is 6.54 Å². The first-order chi connectivity index (χ1) is 13.2. The highest BCUT2D eigenvalue weighted by Gasteiger charge is 2.55. The molecule has 0 fully saturated rings. The molecule has 2 aromatic carbocycles. The molecule has 142 valence electrons. The van der Waals surface area contributed by atoms with Gasteiger partial charge in [0.2, 0.25) is 0 Å². The molecule has 0 amide bonds. The zero-order chi connectivity index (χ0) is 18.9. The second kappa shape index (κ2) is 7.24. The van der Waals surface area contributed by atoms with Crippen LogP contribution >= 0.6 is 0 Å². The number of nitrogens with zero attached hydrogens (tertiary/aromatic N) is 2. The number of aliphatic hydroxyl groups is 1. The molecule has 0 aliphatic carbocycles. The van der Waals surface area contributed by atoms with Gasteiger partial charge in [-0.3, -0.25) is 4.58 Å². The summed E-state index contributed by atoms with van der Waals surface area (Å²) >= 11 is 0. The molecule has 5 nitrogen and oxygen atoms in total. The standard InChI is InChI=1S/C22H27N2O3/c1-26-18-13-11-17(12-14-18)24-21-10-4-3-7-15-23(21)16-22(24,25)19-8-5-6-9-20(19)27-2/h5-6,8-9,11-14,25H,3-4,7,10,15-16H2,1-2H3/q+1/t22-/m0/s1. The molecule has 1 N–H and O–H groups in total. The summed E-state index contributed by atoms with van der Waals surface area (Å²) in [5, 5.41) is 12.0. The topological polar surface area (TPSA) is 44.9 Å². The fourth-order valence-corrected chi connectivity index (χ4v) is 4.30. The Balaban J connectivity index is 1.85. The number of amidine groups is 1. The number of hydrogen-bond donors (Lipinski definition) is 1. The molecule has 0 saturated carbocycles. The van der Waals surface area contributed by atoms with Crippen LogP contribution in [-0.4, -0.2) is 42.8 Å². The number of ether oxygens (including phenoxy) is 2. The third-order valence-electron chi connectivity index (χ3n) is 5.60. The molecule has 4 rings (SSSR count). The van der Waals surface area contributed by atoms with Crippen molar-refractivity contribution in [2.45, 2.75) is 31.4 Å². The predicted octanol–water partition coefficient (Wildman–Crippen LogP) is 3.35. The summed E-state index contributed by atoms with van der Waals surface area (Å²) in [7, 11) is 3.32. The quantitative estimate of drug-likeness (QED) is 0.842. The average molecular weight is 367 g/mol. The molecule has 0 aromatic heterocycles. The van der Waals surface area contributed by atoms with E-state index < -0.39 is 5.72 Å². The molecule has 0 radical (unpaired) electrons. The van der Waals surface area contributed by atoms with Crippen molar-refractivity contribution in [1.82, 2.24) is 0 Å². The van der Waals surface area contributed by atoms with Crippen LogP contribution in [0.15, 0.2) is 48.5 Å². The van der Waals surface area contributed by atoms with Crippen molar-refractivity contribution in [1.29, 1.82) is 0 Å². The minimum absolute atomic E-state index is 0.536. The summed E-state index contributed by atoms with van der Waals surface area (Å²) in [6.07, 6.45) is 4.48. The summed E-state index contributed by atoms with van der Waals surface area (Å²) < 4.78 is 13.2. The Morgan fingerprint density at radius 1 is 0.963 bits per heavy atom. The zero-order valence-electron chi connectivity index (χ0n) is 16.0. The lowest BCUT2D eigenvalue weighted by molar-refractivity contribution is -0.534. The molecule has 0 unspecified atom stereocenters. The summed E-state index contributed by atoms with van der Waals surface area (Å²) in [6, 6.07) is 15.7. The SMILES string of the molecule is COc1ccc(N2C3=[N+](CCCCC3)C[C@]2(O)c2ccccc2OC)cc1. The third-order valence-corrected chi connectivity index (χ3v) is 5.60. The molecule has 2 aromatic rings. The van der Waals surface area contributed by atoms with E-state index in [0.717, 1.165) is 42.8 Å². The highest BCUT2D eigenvalue weighted by atomic mass is 16.5. The molecular weight excluding hydrogens is 340 g/mol. The molecule has 0 bridgehead atoms. The summed E-state index contributed by atoms with van der Waals surface area (Å²) in [5.41, 5.74) is 0.584. The predicted molar refractivity (Wildman–Crippen MR) is 106 cm³/mol. The van der Waals surface area contributed by atoms with Gasteiger partial charge in [-0.15, -0.1) is 0 Å². The third kappa shape index (κ3) is 3.06. The van der Waals surface area contributed by atoms with E-state index in [2.05, 4.69) is 9.48 Å². The van der Waals surface area contributed by atoms with E-state index in [1.165, 1.54) is 12.3 Å². The minimum Gasteiger partial charge on any atom is -0.497 e. The maximum atomic E-state index is 12.0. The summed E-state index contributed by atoms with van der Waals surface area (Å²) in [5.74, 6) is 2.70. The van der Waals surface area contributed by atoms with Gasteiger partial charge in [-0.2, -0.15) is 4.90 Å². The zero-order valence-corrected chi connectivity index (χ0v) is 16.0. The smallest absolute Gasteiger partial charge is 0.279 e. The summed E-state index contributed by atoms with van der Waals surface area (Å²) in [4.78, 5) is 2.09. The van der Waals surface area contributed by atoms with Crippen molar-refractivity contribution >= 4 is 11.5 Å². The van der Waals surface area contributed by atoms with Gasteiger partial charge in [-0.1, -0.05) is 12.1 Å². The molecule has 2 aliphatic rings. The monoisotopic (exact) mass is 367 g/mol. The van der Waals surface area contributed by atoms with Gasteiger partial charge in [0.05, 0.1) is 26.3 Å². The maximum Gasteiger partial charge on any atom is 0.279 e. The van der Waals surface area contributed by atoms with Gasteiger partial charge in [0.1, 0.15) is 17.2 Å². The number of benzene rings is 2. The van der Waals surface area contributed by atoms with E-state index in [-0.39, 0.29) is 0 Å². The number of hydrogen-bond acceptors (Lipinski definition) is 4. The summed E-state index contributed by atoms with van der Waals surface area (Å²) in [6.45, 7) is 1.51. The average Bonchev–Trinajstić information content (AvgIpc) is 2.84. The first-order valence-electron chi connectivity index (χ1n) is 9.58. The molecule has 5 heteroatoms. The Morgan fingerprint density at radius 2 is 1.74 bits per heavy atom. The van der Waals surface area contributed by atoms with Gasteiger partial charge < -0.3 is 14.6 Å². The van der Waals surface area contributed by atoms with Crippen LogP contribution < -0.4 is 14.4 Å². The van der Waals surface area contributed by atoms with Gasteiger partial charge in [0, 0.05) is 6.42 Å².